The third-order valence-corrected chi connectivity index (χ3v) is 4.48. The number of rotatable bonds is 3. The van der Waals surface area contributed by atoms with Crippen molar-refractivity contribution in [3.63, 3.8) is 0 Å². The third kappa shape index (κ3) is 2.59. The number of halogens is 1. The Morgan fingerprint density at radius 3 is 2.74 bits per heavy atom. The van der Waals surface area contributed by atoms with E-state index in [2.05, 4.69) is 33.0 Å². The van der Waals surface area contributed by atoms with Crippen LogP contribution in [0.5, 0.6) is 11.5 Å². The summed E-state index contributed by atoms with van der Waals surface area (Å²) in [4.78, 5) is 2.48. The van der Waals surface area contributed by atoms with Crippen LogP contribution in [-0.4, -0.2) is 31.3 Å². The minimum atomic E-state index is 0.270. The maximum atomic E-state index is 6.00. The fourth-order valence-electron chi connectivity index (χ4n) is 2.91. The molecule has 2 N–H and O–H groups in total. The standard InChI is InChI=1S/C14H19BrN2O2/c15-11-6-10(7-13-14(11)19-9-18-13)12(8-16)17-4-2-1-3-5-17/h6-7,12H,1-5,8-9,16H2. The predicted molar refractivity (Wildman–Crippen MR) is 77.5 cm³/mol. The quantitative estimate of drug-likeness (QED) is 0.927. The smallest absolute Gasteiger partial charge is 0.231 e. The molecule has 0 bridgehead atoms. The Hall–Kier alpha value is -0.780. The van der Waals surface area contributed by atoms with E-state index in [1.807, 2.05) is 0 Å². The highest BCUT2D eigenvalue weighted by Crippen LogP contribution is 2.42. The number of hydrogen-bond donors (Lipinski definition) is 1. The number of nitrogens with zero attached hydrogens (tertiary/aromatic N) is 1. The lowest BCUT2D eigenvalue weighted by Crippen LogP contribution is -2.37. The summed E-state index contributed by atoms with van der Waals surface area (Å²) in [5.41, 5.74) is 7.21. The van der Waals surface area contributed by atoms with Crippen LogP contribution in [0.15, 0.2) is 16.6 Å². The molecule has 4 nitrogen and oxygen atoms in total. The Kier molecular flexibility index (Phi) is 3.96. The lowest BCUT2D eigenvalue weighted by Gasteiger charge is -2.34. The molecule has 0 saturated carbocycles. The van der Waals surface area contributed by atoms with Crippen molar-refractivity contribution in [1.29, 1.82) is 0 Å². The van der Waals surface area contributed by atoms with Crippen LogP contribution >= 0.6 is 15.9 Å². The molecule has 0 radical (unpaired) electrons. The van der Waals surface area contributed by atoms with Crippen molar-refractivity contribution in [2.75, 3.05) is 26.4 Å². The molecule has 2 heterocycles. The Bertz CT molecular complexity index is 461. The van der Waals surface area contributed by atoms with E-state index < -0.39 is 0 Å². The van der Waals surface area contributed by atoms with Gasteiger partial charge in [0.2, 0.25) is 6.79 Å². The summed E-state index contributed by atoms with van der Waals surface area (Å²) in [6.07, 6.45) is 3.86. The number of nitrogens with two attached hydrogens (primary N) is 1. The average molecular weight is 327 g/mol. The normalized spacial score (nSPS) is 20.5. The molecule has 2 aliphatic heterocycles. The number of piperidine rings is 1. The fourth-order valence-corrected chi connectivity index (χ4v) is 3.48. The predicted octanol–water partition coefficient (Wildman–Crippen LogP) is 2.66. The second-order valence-electron chi connectivity index (χ2n) is 5.08. The highest BCUT2D eigenvalue weighted by Gasteiger charge is 2.25. The molecule has 0 aliphatic carbocycles. The first-order valence-corrected chi connectivity index (χ1v) is 7.62. The van der Waals surface area contributed by atoms with Crippen LogP contribution in [-0.2, 0) is 0 Å². The molecule has 1 saturated heterocycles. The molecule has 1 aromatic rings. The molecular formula is C14H19BrN2O2. The van der Waals surface area contributed by atoms with Crippen molar-refractivity contribution in [3.05, 3.63) is 22.2 Å². The van der Waals surface area contributed by atoms with Gasteiger partial charge in [0.25, 0.3) is 0 Å². The third-order valence-electron chi connectivity index (χ3n) is 3.89. The molecule has 1 atom stereocenters. The maximum Gasteiger partial charge on any atom is 0.231 e. The van der Waals surface area contributed by atoms with Gasteiger partial charge in [0.1, 0.15) is 0 Å². The average Bonchev–Trinajstić information content (AvgIpc) is 2.90. The monoisotopic (exact) mass is 326 g/mol. The van der Waals surface area contributed by atoms with Crippen molar-refractivity contribution in [2.24, 2.45) is 5.73 Å². The zero-order chi connectivity index (χ0) is 13.2. The van der Waals surface area contributed by atoms with Crippen LogP contribution in [0.3, 0.4) is 0 Å². The molecule has 3 rings (SSSR count). The molecule has 19 heavy (non-hydrogen) atoms. The van der Waals surface area contributed by atoms with Gasteiger partial charge in [-0.05, 0) is 59.6 Å². The Morgan fingerprint density at radius 1 is 1.21 bits per heavy atom. The number of benzene rings is 1. The molecule has 0 spiro atoms. The zero-order valence-electron chi connectivity index (χ0n) is 10.9. The summed E-state index contributed by atoms with van der Waals surface area (Å²) >= 11 is 3.56. The Balaban J connectivity index is 1.88. The molecule has 2 aliphatic rings. The molecule has 5 heteroatoms. The lowest BCUT2D eigenvalue weighted by atomic mass is 10.0. The van der Waals surface area contributed by atoms with E-state index in [4.69, 9.17) is 15.2 Å². The van der Waals surface area contributed by atoms with Gasteiger partial charge in [-0.1, -0.05) is 6.42 Å². The highest BCUT2D eigenvalue weighted by atomic mass is 79.9. The van der Waals surface area contributed by atoms with Gasteiger partial charge in [0, 0.05) is 12.6 Å². The topological polar surface area (TPSA) is 47.7 Å². The zero-order valence-corrected chi connectivity index (χ0v) is 12.5. The molecule has 0 amide bonds. The van der Waals surface area contributed by atoms with Crippen LogP contribution in [0.25, 0.3) is 0 Å². The molecule has 0 aromatic heterocycles. The fraction of sp³-hybridized carbons (Fsp3) is 0.571. The second kappa shape index (κ2) is 5.69. The van der Waals surface area contributed by atoms with E-state index in [1.54, 1.807) is 0 Å². The van der Waals surface area contributed by atoms with Gasteiger partial charge >= 0.3 is 0 Å². The van der Waals surface area contributed by atoms with Crippen molar-refractivity contribution in [2.45, 2.75) is 25.3 Å². The van der Waals surface area contributed by atoms with Gasteiger partial charge < -0.3 is 15.2 Å². The molecule has 1 fully saturated rings. The van der Waals surface area contributed by atoms with Gasteiger partial charge in [-0.25, -0.2) is 0 Å². The van der Waals surface area contributed by atoms with Gasteiger partial charge in [-0.15, -0.1) is 0 Å². The molecule has 1 aromatic carbocycles. The van der Waals surface area contributed by atoms with E-state index in [1.165, 1.54) is 24.8 Å². The summed E-state index contributed by atoms with van der Waals surface area (Å²) < 4.78 is 11.9. The van der Waals surface area contributed by atoms with Crippen LogP contribution in [0.2, 0.25) is 0 Å². The van der Waals surface area contributed by atoms with E-state index in [-0.39, 0.29) is 6.04 Å². The summed E-state index contributed by atoms with van der Waals surface area (Å²) in [6, 6.07) is 4.45. The number of hydrogen-bond acceptors (Lipinski definition) is 4. The van der Waals surface area contributed by atoms with Gasteiger partial charge in [0.15, 0.2) is 11.5 Å². The second-order valence-corrected chi connectivity index (χ2v) is 5.94. The summed E-state index contributed by atoms with van der Waals surface area (Å²) in [5, 5.41) is 0. The van der Waals surface area contributed by atoms with Crippen molar-refractivity contribution in [1.82, 2.24) is 4.90 Å². The Morgan fingerprint density at radius 2 is 2.00 bits per heavy atom. The van der Waals surface area contributed by atoms with Gasteiger partial charge in [0.05, 0.1) is 4.47 Å². The van der Waals surface area contributed by atoms with E-state index in [9.17, 15) is 0 Å². The minimum absolute atomic E-state index is 0.270. The summed E-state index contributed by atoms with van der Waals surface area (Å²) in [7, 11) is 0. The van der Waals surface area contributed by atoms with E-state index in [0.29, 0.717) is 13.3 Å². The van der Waals surface area contributed by atoms with Crippen LogP contribution in [0.1, 0.15) is 30.9 Å². The highest BCUT2D eigenvalue weighted by molar-refractivity contribution is 9.10. The van der Waals surface area contributed by atoms with E-state index >= 15 is 0 Å². The molecule has 104 valence electrons. The van der Waals surface area contributed by atoms with Crippen LogP contribution in [0, 0.1) is 0 Å². The van der Waals surface area contributed by atoms with Gasteiger partial charge in [-0.3, -0.25) is 4.90 Å². The first-order chi connectivity index (χ1) is 9.29. The van der Waals surface area contributed by atoms with E-state index in [0.717, 1.165) is 29.1 Å². The first kappa shape index (κ1) is 13.2. The van der Waals surface area contributed by atoms with Crippen molar-refractivity contribution < 1.29 is 9.47 Å². The first-order valence-electron chi connectivity index (χ1n) is 6.83. The Labute approximate surface area is 122 Å². The van der Waals surface area contributed by atoms with Crippen LogP contribution in [0.4, 0.5) is 0 Å². The van der Waals surface area contributed by atoms with Crippen molar-refractivity contribution >= 4 is 15.9 Å². The maximum absolute atomic E-state index is 6.00. The largest absolute Gasteiger partial charge is 0.454 e. The minimum Gasteiger partial charge on any atom is -0.454 e. The number of ether oxygens (including phenoxy) is 2. The van der Waals surface area contributed by atoms with Gasteiger partial charge in [-0.2, -0.15) is 0 Å². The number of fused-ring (bicyclic) bond motifs is 1. The summed E-state index contributed by atoms with van der Waals surface area (Å²) in [6.45, 7) is 3.20. The van der Waals surface area contributed by atoms with Crippen molar-refractivity contribution in [3.8, 4) is 11.5 Å². The summed E-state index contributed by atoms with van der Waals surface area (Å²) in [5.74, 6) is 1.62. The lowest BCUT2D eigenvalue weighted by molar-refractivity contribution is 0.166. The number of likely N-dealkylation sites (tertiary alicyclic amines) is 1. The molecule has 1 unspecified atom stereocenters. The SMILES string of the molecule is NCC(c1cc(Br)c2c(c1)OCO2)N1CCCCC1. The van der Waals surface area contributed by atoms with Crippen LogP contribution < -0.4 is 15.2 Å². The molecular weight excluding hydrogens is 308 g/mol.